The summed E-state index contributed by atoms with van der Waals surface area (Å²) in [7, 11) is 0. The Morgan fingerprint density at radius 3 is 2.70 bits per heavy atom. The van der Waals surface area contributed by atoms with E-state index in [1.165, 1.54) is 0 Å². The highest BCUT2D eigenvalue weighted by Gasteiger charge is 2.44. The Kier molecular flexibility index (Phi) is 7.26. The Bertz CT molecular complexity index is 1000. The van der Waals surface area contributed by atoms with Crippen molar-refractivity contribution in [2.45, 2.75) is 58.4 Å². The summed E-state index contributed by atoms with van der Waals surface area (Å²) in [5.74, 6) is 0.327. The number of nitrogens with zero attached hydrogens (tertiary/aromatic N) is 2. The third-order valence-electron chi connectivity index (χ3n) is 6.89. The molecule has 0 saturated carbocycles. The van der Waals surface area contributed by atoms with E-state index in [1.807, 2.05) is 30.9 Å². The maximum absolute atomic E-state index is 13.6. The number of aromatic nitrogens is 1. The number of carbonyl (C=O) groups excluding carboxylic acids is 2. The lowest BCUT2D eigenvalue weighted by Crippen LogP contribution is -2.56. The predicted octanol–water partition coefficient (Wildman–Crippen LogP) is 4.78. The van der Waals surface area contributed by atoms with E-state index in [4.69, 9.17) is 0 Å². The number of piperidine rings is 1. The van der Waals surface area contributed by atoms with Crippen LogP contribution >= 0.6 is 0 Å². The van der Waals surface area contributed by atoms with Gasteiger partial charge in [-0.05, 0) is 81.2 Å². The zero-order valence-corrected chi connectivity index (χ0v) is 19.8. The summed E-state index contributed by atoms with van der Waals surface area (Å²) in [5, 5.41) is 3.16. The van der Waals surface area contributed by atoms with Crippen molar-refractivity contribution in [3.63, 3.8) is 0 Å². The average Bonchev–Trinajstić information content (AvgIpc) is 2.84. The summed E-state index contributed by atoms with van der Waals surface area (Å²) in [5.41, 5.74) is 2.74. The molecular formula is C28H35N3O2. The van der Waals surface area contributed by atoms with Crippen LogP contribution in [0, 0.1) is 11.3 Å². The van der Waals surface area contributed by atoms with E-state index in [9.17, 15) is 9.59 Å². The third kappa shape index (κ3) is 5.52. The second kappa shape index (κ2) is 10.3. The number of benzene rings is 1. The lowest BCUT2D eigenvalue weighted by Gasteiger charge is -2.43. The lowest BCUT2D eigenvalue weighted by atomic mass is 9.73. The van der Waals surface area contributed by atoms with Gasteiger partial charge in [0.25, 0.3) is 0 Å². The smallest absolute Gasteiger partial charge is 0.228 e. The zero-order chi connectivity index (χ0) is 23.3. The third-order valence-corrected chi connectivity index (χ3v) is 6.89. The van der Waals surface area contributed by atoms with Gasteiger partial charge in [0.05, 0.1) is 5.41 Å². The second-order valence-corrected chi connectivity index (χ2v) is 9.87. The van der Waals surface area contributed by atoms with Crippen molar-refractivity contribution in [2.75, 3.05) is 13.1 Å². The number of pyridine rings is 1. The van der Waals surface area contributed by atoms with Crippen molar-refractivity contribution >= 4 is 11.8 Å². The minimum absolute atomic E-state index is 0.0500. The van der Waals surface area contributed by atoms with E-state index in [0.29, 0.717) is 13.0 Å². The Balaban J connectivity index is 1.60. The fourth-order valence-corrected chi connectivity index (χ4v) is 5.22. The summed E-state index contributed by atoms with van der Waals surface area (Å²) in [4.78, 5) is 33.0. The Hall–Kier alpha value is -2.95. The van der Waals surface area contributed by atoms with E-state index < -0.39 is 5.41 Å². The van der Waals surface area contributed by atoms with E-state index >= 15 is 0 Å². The SMILES string of the molecule is CC(C)NC(=O)[C@@]1(Cc2cccc(-c3ccncc3)c2)CCCN(C(=O)[C@H]2CC=CCC2)C1. The van der Waals surface area contributed by atoms with Gasteiger partial charge in [0, 0.05) is 37.4 Å². The van der Waals surface area contributed by atoms with Crippen LogP contribution in [0.5, 0.6) is 0 Å². The van der Waals surface area contributed by atoms with Gasteiger partial charge in [-0.3, -0.25) is 14.6 Å². The summed E-state index contributed by atoms with van der Waals surface area (Å²) in [6.07, 6.45) is 12.8. The number of amides is 2. The zero-order valence-electron chi connectivity index (χ0n) is 19.8. The lowest BCUT2D eigenvalue weighted by molar-refractivity contribution is -0.144. The molecule has 5 heteroatoms. The molecule has 2 aromatic rings. The van der Waals surface area contributed by atoms with Gasteiger partial charge >= 0.3 is 0 Å². The molecule has 174 valence electrons. The fraction of sp³-hybridized carbons (Fsp3) is 0.464. The van der Waals surface area contributed by atoms with Crippen LogP contribution in [0.25, 0.3) is 11.1 Å². The second-order valence-electron chi connectivity index (χ2n) is 9.87. The maximum atomic E-state index is 13.6. The van der Waals surface area contributed by atoms with Crippen LogP contribution < -0.4 is 5.32 Å². The number of likely N-dealkylation sites (tertiary alicyclic amines) is 1. The van der Waals surface area contributed by atoms with Gasteiger partial charge in [0.1, 0.15) is 0 Å². The van der Waals surface area contributed by atoms with E-state index in [1.54, 1.807) is 12.4 Å². The molecular weight excluding hydrogens is 410 g/mol. The maximum Gasteiger partial charge on any atom is 0.228 e. The van der Waals surface area contributed by atoms with Crippen LogP contribution in [0.3, 0.4) is 0 Å². The topological polar surface area (TPSA) is 62.3 Å². The van der Waals surface area contributed by atoms with Gasteiger partial charge in [-0.2, -0.15) is 0 Å². The molecule has 1 N–H and O–H groups in total. The van der Waals surface area contributed by atoms with Gasteiger partial charge in [0.2, 0.25) is 11.8 Å². The van der Waals surface area contributed by atoms with Gasteiger partial charge in [0.15, 0.2) is 0 Å². The first-order valence-electron chi connectivity index (χ1n) is 12.2. The van der Waals surface area contributed by atoms with Crippen molar-refractivity contribution in [1.82, 2.24) is 15.2 Å². The molecule has 0 radical (unpaired) electrons. The molecule has 0 unspecified atom stereocenters. The molecule has 1 aromatic heterocycles. The molecule has 0 spiro atoms. The van der Waals surface area contributed by atoms with Crippen LogP contribution in [-0.2, 0) is 16.0 Å². The van der Waals surface area contributed by atoms with Gasteiger partial charge < -0.3 is 10.2 Å². The van der Waals surface area contributed by atoms with E-state index in [2.05, 4.69) is 46.7 Å². The molecule has 1 saturated heterocycles. The van der Waals surface area contributed by atoms with Gasteiger partial charge in [-0.15, -0.1) is 0 Å². The van der Waals surface area contributed by atoms with Gasteiger partial charge in [-0.1, -0.05) is 36.4 Å². The minimum atomic E-state index is -0.612. The molecule has 33 heavy (non-hydrogen) atoms. The quantitative estimate of drug-likeness (QED) is 0.651. The molecule has 1 aromatic carbocycles. The number of rotatable bonds is 6. The predicted molar refractivity (Wildman–Crippen MR) is 131 cm³/mol. The first kappa shape index (κ1) is 23.2. The van der Waals surface area contributed by atoms with Crippen LogP contribution in [0.2, 0.25) is 0 Å². The number of hydrogen-bond acceptors (Lipinski definition) is 3. The number of nitrogens with one attached hydrogen (secondary N) is 1. The molecule has 2 aliphatic rings. The van der Waals surface area contributed by atoms with Crippen molar-refractivity contribution < 1.29 is 9.59 Å². The van der Waals surface area contributed by atoms with Crippen LogP contribution in [0.15, 0.2) is 60.9 Å². The van der Waals surface area contributed by atoms with Crippen molar-refractivity contribution in [3.8, 4) is 11.1 Å². The molecule has 1 aliphatic heterocycles. The highest BCUT2D eigenvalue weighted by molar-refractivity contribution is 5.86. The molecule has 2 heterocycles. The summed E-state index contributed by atoms with van der Waals surface area (Å²) in [6.45, 7) is 5.22. The summed E-state index contributed by atoms with van der Waals surface area (Å²) < 4.78 is 0. The number of hydrogen-bond donors (Lipinski definition) is 1. The van der Waals surface area contributed by atoms with Crippen molar-refractivity contribution in [1.29, 1.82) is 0 Å². The Morgan fingerprint density at radius 1 is 1.15 bits per heavy atom. The van der Waals surface area contributed by atoms with E-state index in [0.717, 1.165) is 55.3 Å². The van der Waals surface area contributed by atoms with Crippen LogP contribution in [0.4, 0.5) is 0 Å². The molecule has 0 bridgehead atoms. The normalized spacial score (nSPS) is 22.9. The molecule has 4 rings (SSSR count). The molecule has 2 atom stereocenters. The van der Waals surface area contributed by atoms with Crippen molar-refractivity contribution in [3.05, 3.63) is 66.5 Å². The largest absolute Gasteiger partial charge is 0.353 e. The first-order valence-corrected chi connectivity index (χ1v) is 12.2. The fourth-order valence-electron chi connectivity index (χ4n) is 5.22. The van der Waals surface area contributed by atoms with Crippen LogP contribution in [0.1, 0.15) is 51.5 Å². The Morgan fingerprint density at radius 2 is 1.97 bits per heavy atom. The van der Waals surface area contributed by atoms with Crippen LogP contribution in [-0.4, -0.2) is 40.8 Å². The molecule has 5 nitrogen and oxygen atoms in total. The summed E-state index contributed by atoms with van der Waals surface area (Å²) >= 11 is 0. The molecule has 1 fully saturated rings. The molecule has 1 aliphatic carbocycles. The highest BCUT2D eigenvalue weighted by atomic mass is 16.2. The summed E-state index contributed by atoms with van der Waals surface area (Å²) in [6, 6.07) is 12.5. The van der Waals surface area contributed by atoms with E-state index in [-0.39, 0.29) is 23.8 Å². The monoisotopic (exact) mass is 445 g/mol. The first-order chi connectivity index (χ1) is 16.0. The van der Waals surface area contributed by atoms with Crippen molar-refractivity contribution in [2.24, 2.45) is 11.3 Å². The highest BCUT2D eigenvalue weighted by Crippen LogP contribution is 2.36. The minimum Gasteiger partial charge on any atom is -0.353 e. The Labute approximate surface area is 197 Å². The number of allylic oxidation sites excluding steroid dienone is 2. The standard InChI is InChI=1S/C28H35N3O2/c1-21(2)30-27(33)28(14-7-17-31(20-28)26(32)24-9-4-3-5-10-24)19-22-8-6-11-25(18-22)23-12-15-29-16-13-23/h3-4,6,8,11-13,15-16,18,21,24H,5,7,9-10,14,17,19-20H2,1-2H3,(H,30,33)/t24-,28+/m0/s1. The van der Waals surface area contributed by atoms with Gasteiger partial charge in [-0.25, -0.2) is 0 Å². The number of carbonyl (C=O) groups is 2. The molecule has 2 amide bonds. The average molecular weight is 446 g/mol.